The van der Waals surface area contributed by atoms with Crippen LogP contribution < -0.4 is 11.0 Å². The number of hydrogen-bond acceptors (Lipinski definition) is 3. The Hall–Kier alpha value is -2.76. The van der Waals surface area contributed by atoms with E-state index >= 15 is 0 Å². The number of pyridine rings is 1. The third-order valence-corrected chi connectivity index (χ3v) is 3.47. The number of carbonyl (C=O) groups excluding carboxylic acids is 1. The first kappa shape index (κ1) is 17.6. The van der Waals surface area contributed by atoms with Crippen molar-refractivity contribution >= 4 is 11.6 Å². The molecule has 0 spiro atoms. The Morgan fingerprint density at radius 1 is 1.21 bits per heavy atom. The van der Waals surface area contributed by atoms with Gasteiger partial charge in [-0.3, -0.25) is 9.59 Å². The van der Waals surface area contributed by atoms with Gasteiger partial charge in [0.15, 0.2) is 0 Å². The minimum absolute atomic E-state index is 0.104. The molecule has 1 amide bonds. The molecule has 2 rings (SSSR count). The van der Waals surface area contributed by atoms with E-state index in [0.29, 0.717) is 12.1 Å². The van der Waals surface area contributed by atoms with Crippen LogP contribution in [0, 0.1) is 5.82 Å². The lowest BCUT2D eigenvalue weighted by atomic mass is 10.1. The van der Waals surface area contributed by atoms with Gasteiger partial charge in [0.05, 0.1) is 5.71 Å². The number of unbranched alkanes of at least 4 members (excludes halogenated alkanes) is 1. The van der Waals surface area contributed by atoms with Crippen LogP contribution in [0.5, 0.6) is 0 Å². The number of carbonyl (C=O) groups is 1. The van der Waals surface area contributed by atoms with Crippen molar-refractivity contribution < 1.29 is 9.18 Å². The van der Waals surface area contributed by atoms with E-state index in [4.69, 9.17) is 0 Å². The van der Waals surface area contributed by atoms with Gasteiger partial charge in [-0.1, -0.05) is 31.5 Å². The minimum atomic E-state index is -0.389. The summed E-state index contributed by atoms with van der Waals surface area (Å²) in [6.45, 7) is 1.95. The Kier molecular flexibility index (Phi) is 6.42. The number of benzene rings is 1. The highest BCUT2D eigenvalue weighted by Crippen LogP contribution is 2.09. The summed E-state index contributed by atoms with van der Waals surface area (Å²) in [6.07, 6.45) is 4.11. The largest absolute Gasteiger partial charge is 0.306 e. The molecule has 0 fully saturated rings. The zero-order chi connectivity index (χ0) is 17.4. The molecule has 5 nitrogen and oxygen atoms in total. The lowest BCUT2D eigenvalue weighted by molar-refractivity contribution is -0.121. The van der Waals surface area contributed by atoms with Crippen molar-refractivity contribution in [1.29, 1.82) is 0 Å². The number of hydrazone groups is 1. The summed E-state index contributed by atoms with van der Waals surface area (Å²) in [6, 6.07) is 10.7. The molecule has 0 aliphatic carbocycles. The molecule has 1 aromatic carbocycles. The molecular weight excluding hydrogens is 309 g/mol. The van der Waals surface area contributed by atoms with Crippen LogP contribution in [0.2, 0.25) is 0 Å². The summed E-state index contributed by atoms with van der Waals surface area (Å²) in [5, 5.41) is 4.17. The number of halogens is 1. The van der Waals surface area contributed by atoms with Crippen molar-refractivity contribution in [3.63, 3.8) is 0 Å². The maximum absolute atomic E-state index is 13.1. The van der Waals surface area contributed by atoms with Gasteiger partial charge in [0.2, 0.25) is 0 Å². The van der Waals surface area contributed by atoms with E-state index in [2.05, 4.69) is 17.5 Å². The normalized spacial score (nSPS) is 11.3. The quantitative estimate of drug-likeness (QED) is 0.627. The van der Waals surface area contributed by atoms with E-state index in [1.165, 1.54) is 22.8 Å². The lowest BCUT2D eigenvalue weighted by Crippen LogP contribution is -2.29. The van der Waals surface area contributed by atoms with Gasteiger partial charge in [-0.05, 0) is 36.6 Å². The highest BCUT2D eigenvalue weighted by atomic mass is 19.1. The molecule has 0 saturated heterocycles. The summed E-state index contributed by atoms with van der Waals surface area (Å²) >= 11 is 0. The van der Waals surface area contributed by atoms with E-state index < -0.39 is 0 Å². The van der Waals surface area contributed by atoms with Crippen LogP contribution in [-0.4, -0.2) is 16.2 Å². The Morgan fingerprint density at radius 3 is 2.62 bits per heavy atom. The number of hydrogen-bond donors (Lipinski definition) is 1. The predicted octanol–water partition coefficient (Wildman–Crippen LogP) is 2.70. The molecule has 1 heterocycles. The number of rotatable bonds is 7. The maximum Gasteiger partial charge on any atom is 0.260 e. The molecule has 0 radical (unpaired) electrons. The summed E-state index contributed by atoms with van der Waals surface area (Å²) in [4.78, 5) is 23.6. The molecular formula is C18H20FN3O2. The van der Waals surface area contributed by atoms with Crippen LogP contribution in [-0.2, 0) is 11.3 Å². The van der Waals surface area contributed by atoms with Gasteiger partial charge in [0.25, 0.3) is 11.5 Å². The van der Waals surface area contributed by atoms with Gasteiger partial charge in [-0.25, -0.2) is 9.82 Å². The first-order valence-electron chi connectivity index (χ1n) is 7.87. The molecule has 0 atom stereocenters. The smallest absolute Gasteiger partial charge is 0.260 e. The van der Waals surface area contributed by atoms with Crippen LogP contribution in [0.15, 0.2) is 58.6 Å². The molecule has 0 aliphatic heterocycles. The number of nitrogens with one attached hydrogen (secondary N) is 1. The average molecular weight is 329 g/mol. The second kappa shape index (κ2) is 8.76. The van der Waals surface area contributed by atoms with Crippen molar-refractivity contribution in [2.75, 3.05) is 0 Å². The minimum Gasteiger partial charge on any atom is -0.306 e. The van der Waals surface area contributed by atoms with Crippen molar-refractivity contribution in [2.24, 2.45) is 5.10 Å². The van der Waals surface area contributed by atoms with Crippen LogP contribution in [0.1, 0.15) is 31.7 Å². The fraction of sp³-hybridized carbons (Fsp3) is 0.278. The first-order valence-corrected chi connectivity index (χ1v) is 7.87. The fourth-order valence-electron chi connectivity index (χ4n) is 2.16. The standard InChI is InChI=1S/C18H20FN3O2/c1-2-3-6-16(14-8-10-15(19)11-9-14)20-21-17(23)13-22-12-5-4-7-18(22)24/h4-5,7-12H,2-3,6,13H2,1H3,(H,21,23)/b20-16-. The highest BCUT2D eigenvalue weighted by molar-refractivity contribution is 6.01. The zero-order valence-corrected chi connectivity index (χ0v) is 13.5. The van der Waals surface area contributed by atoms with E-state index in [-0.39, 0.29) is 23.8 Å². The third-order valence-electron chi connectivity index (χ3n) is 3.47. The molecule has 0 saturated carbocycles. The molecule has 6 heteroatoms. The van der Waals surface area contributed by atoms with E-state index in [0.717, 1.165) is 18.4 Å². The van der Waals surface area contributed by atoms with Gasteiger partial charge in [0, 0.05) is 12.3 Å². The average Bonchev–Trinajstić information content (AvgIpc) is 2.58. The van der Waals surface area contributed by atoms with Crippen molar-refractivity contribution in [1.82, 2.24) is 9.99 Å². The zero-order valence-electron chi connectivity index (χ0n) is 13.5. The SMILES string of the molecule is CCCC/C(=N/NC(=O)Cn1ccccc1=O)c1ccc(F)cc1. The second-order valence-corrected chi connectivity index (χ2v) is 5.37. The van der Waals surface area contributed by atoms with E-state index in [1.807, 2.05) is 0 Å². The van der Waals surface area contributed by atoms with Crippen LogP contribution >= 0.6 is 0 Å². The van der Waals surface area contributed by atoms with Gasteiger partial charge in [0.1, 0.15) is 12.4 Å². The Bertz CT molecular complexity index is 766. The van der Waals surface area contributed by atoms with Crippen LogP contribution in [0.4, 0.5) is 4.39 Å². The molecule has 1 aromatic heterocycles. The fourth-order valence-corrected chi connectivity index (χ4v) is 2.16. The summed E-state index contributed by atoms with van der Waals surface area (Å²) < 4.78 is 14.4. The number of nitrogens with zero attached hydrogens (tertiary/aromatic N) is 2. The van der Waals surface area contributed by atoms with Gasteiger partial charge >= 0.3 is 0 Å². The monoisotopic (exact) mass is 329 g/mol. The second-order valence-electron chi connectivity index (χ2n) is 5.37. The third kappa shape index (κ3) is 5.15. The molecule has 2 aromatic rings. The Balaban J connectivity index is 2.08. The predicted molar refractivity (Wildman–Crippen MR) is 91.3 cm³/mol. The molecule has 0 unspecified atom stereocenters. The Labute approximate surface area is 139 Å². The van der Waals surface area contributed by atoms with Gasteiger partial charge in [-0.15, -0.1) is 0 Å². The Morgan fingerprint density at radius 2 is 1.96 bits per heavy atom. The van der Waals surface area contributed by atoms with Gasteiger partial charge in [-0.2, -0.15) is 5.10 Å². The van der Waals surface area contributed by atoms with Crippen LogP contribution in [0.25, 0.3) is 0 Å². The molecule has 1 N–H and O–H groups in total. The summed E-state index contributed by atoms with van der Waals surface area (Å²) in [5.41, 5.74) is 3.68. The van der Waals surface area contributed by atoms with Crippen molar-refractivity contribution in [3.05, 3.63) is 70.4 Å². The molecule has 126 valence electrons. The topological polar surface area (TPSA) is 63.5 Å². The lowest BCUT2D eigenvalue weighted by Gasteiger charge is -2.08. The number of aromatic nitrogens is 1. The first-order chi connectivity index (χ1) is 11.6. The van der Waals surface area contributed by atoms with Gasteiger partial charge < -0.3 is 4.57 Å². The molecule has 24 heavy (non-hydrogen) atoms. The molecule has 0 aliphatic rings. The maximum atomic E-state index is 13.1. The summed E-state index contributed by atoms with van der Waals surface area (Å²) in [5.74, 6) is -0.708. The van der Waals surface area contributed by atoms with Crippen molar-refractivity contribution in [3.8, 4) is 0 Å². The van der Waals surface area contributed by atoms with E-state index in [9.17, 15) is 14.0 Å². The van der Waals surface area contributed by atoms with Crippen molar-refractivity contribution in [2.45, 2.75) is 32.7 Å². The van der Waals surface area contributed by atoms with E-state index in [1.54, 1.807) is 30.5 Å². The molecule has 0 bridgehead atoms. The highest BCUT2D eigenvalue weighted by Gasteiger charge is 2.07. The summed E-state index contributed by atoms with van der Waals surface area (Å²) in [7, 11) is 0. The number of amides is 1. The van der Waals surface area contributed by atoms with Crippen LogP contribution in [0.3, 0.4) is 0 Å².